The first kappa shape index (κ1) is 15.6. The molecule has 4 heteroatoms. The molecule has 0 unspecified atom stereocenters. The minimum absolute atomic E-state index is 0.627. The Morgan fingerprint density at radius 1 is 0.750 bits per heavy atom. The maximum atomic E-state index is 11.4. The van der Waals surface area contributed by atoms with Gasteiger partial charge in [-0.05, 0) is 106 Å². The number of halogens is 2. The molecule has 0 aromatic heterocycles. The Hall–Kier alpha value is -0.760. The third kappa shape index (κ3) is 2.95. The second-order valence-corrected chi connectivity index (χ2v) is 7.10. The highest BCUT2D eigenvalue weighted by molar-refractivity contribution is 14.1. The van der Waals surface area contributed by atoms with Gasteiger partial charge in [-0.2, -0.15) is 0 Å². The monoisotopic (exact) mass is 490 g/mol. The Morgan fingerprint density at radius 3 is 1.40 bits per heavy atom. The van der Waals surface area contributed by atoms with Crippen molar-refractivity contribution in [2.45, 2.75) is 13.8 Å². The van der Waals surface area contributed by atoms with Crippen LogP contribution in [0.3, 0.4) is 0 Å². The Balaban J connectivity index is 2.88. The Bertz CT molecular complexity index is 645. The van der Waals surface area contributed by atoms with Gasteiger partial charge < -0.3 is 0 Å². The van der Waals surface area contributed by atoms with Gasteiger partial charge in [0.2, 0.25) is 0 Å². The summed E-state index contributed by atoms with van der Waals surface area (Å²) in [5.74, 6) is 0. The van der Waals surface area contributed by atoms with Crippen LogP contribution in [0, 0.1) is 21.0 Å². The summed E-state index contributed by atoms with van der Waals surface area (Å²) in [6.07, 6.45) is 1.72. The molecule has 0 heterocycles. The number of aldehydes is 2. The molecule has 0 radical (unpaired) electrons. The van der Waals surface area contributed by atoms with E-state index in [1.165, 1.54) is 0 Å². The van der Waals surface area contributed by atoms with Crippen molar-refractivity contribution in [1.29, 1.82) is 0 Å². The van der Waals surface area contributed by atoms with Crippen LogP contribution in [-0.4, -0.2) is 12.6 Å². The Kier molecular flexibility index (Phi) is 4.95. The van der Waals surface area contributed by atoms with Gasteiger partial charge in [-0.3, -0.25) is 9.59 Å². The SMILES string of the molecule is Cc1cc(I)cc(C=O)c1-c1c(C)cc(I)cc1C=O. The van der Waals surface area contributed by atoms with Crippen LogP contribution in [0.2, 0.25) is 0 Å². The number of hydrogen-bond donors (Lipinski definition) is 0. The van der Waals surface area contributed by atoms with Gasteiger partial charge in [0.25, 0.3) is 0 Å². The average Bonchev–Trinajstić information content (AvgIpc) is 2.38. The van der Waals surface area contributed by atoms with E-state index in [2.05, 4.69) is 45.2 Å². The van der Waals surface area contributed by atoms with Gasteiger partial charge in [0.15, 0.2) is 12.6 Å². The van der Waals surface area contributed by atoms with Gasteiger partial charge in [-0.15, -0.1) is 0 Å². The van der Waals surface area contributed by atoms with E-state index in [1.54, 1.807) is 0 Å². The molecule has 2 nitrogen and oxygen atoms in total. The van der Waals surface area contributed by atoms with Gasteiger partial charge in [0.05, 0.1) is 0 Å². The Morgan fingerprint density at radius 2 is 1.10 bits per heavy atom. The number of carbonyl (C=O) groups excluding carboxylic acids is 2. The number of carbonyl (C=O) groups is 2. The van der Waals surface area contributed by atoms with Crippen LogP contribution in [0.5, 0.6) is 0 Å². The van der Waals surface area contributed by atoms with E-state index in [9.17, 15) is 9.59 Å². The summed E-state index contributed by atoms with van der Waals surface area (Å²) in [6.45, 7) is 3.94. The molecule has 0 aliphatic heterocycles. The minimum atomic E-state index is 0.627. The summed E-state index contributed by atoms with van der Waals surface area (Å²) in [5, 5.41) is 0. The first-order valence-corrected chi connectivity index (χ1v) is 8.14. The van der Waals surface area contributed by atoms with Crippen LogP contribution in [-0.2, 0) is 0 Å². The van der Waals surface area contributed by atoms with Crippen molar-refractivity contribution in [3.05, 3.63) is 53.7 Å². The van der Waals surface area contributed by atoms with Gasteiger partial charge in [-0.1, -0.05) is 0 Å². The number of hydrogen-bond acceptors (Lipinski definition) is 2. The highest BCUT2D eigenvalue weighted by atomic mass is 127. The van der Waals surface area contributed by atoms with Crippen LogP contribution < -0.4 is 0 Å². The lowest BCUT2D eigenvalue weighted by Crippen LogP contribution is -1.99. The molecule has 102 valence electrons. The molecule has 2 aromatic rings. The quantitative estimate of drug-likeness (QED) is 0.458. The van der Waals surface area contributed by atoms with Gasteiger partial charge in [-0.25, -0.2) is 0 Å². The maximum Gasteiger partial charge on any atom is 0.150 e. The lowest BCUT2D eigenvalue weighted by molar-refractivity contribution is 0.111. The van der Waals surface area contributed by atoms with E-state index in [4.69, 9.17) is 0 Å². The van der Waals surface area contributed by atoms with Gasteiger partial charge >= 0.3 is 0 Å². The lowest BCUT2D eigenvalue weighted by Gasteiger charge is -2.15. The number of rotatable bonds is 3. The highest BCUT2D eigenvalue weighted by Gasteiger charge is 2.16. The van der Waals surface area contributed by atoms with Crippen LogP contribution >= 0.6 is 45.2 Å². The second kappa shape index (κ2) is 6.34. The summed E-state index contributed by atoms with van der Waals surface area (Å²) in [6, 6.07) is 7.74. The van der Waals surface area contributed by atoms with Crippen molar-refractivity contribution in [2.75, 3.05) is 0 Å². The molecule has 0 amide bonds. The van der Waals surface area contributed by atoms with E-state index in [0.717, 1.165) is 42.0 Å². The first-order valence-electron chi connectivity index (χ1n) is 5.99. The molecule has 0 fully saturated rings. The van der Waals surface area contributed by atoms with Crippen molar-refractivity contribution in [2.24, 2.45) is 0 Å². The maximum absolute atomic E-state index is 11.4. The summed E-state index contributed by atoms with van der Waals surface area (Å²) in [7, 11) is 0. The predicted molar refractivity (Wildman–Crippen MR) is 97.6 cm³/mol. The number of aryl methyl sites for hydroxylation is 2. The third-order valence-corrected chi connectivity index (χ3v) is 4.41. The summed E-state index contributed by atoms with van der Waals surface area (Å²) >= 11 is 4.39. The lowest BCUT2D eigenvalue weighted by atomic mass is 9.89. The highest BCUT2D eigenvalue weighted by Crippen LogP contribution is 2.34. The zero-order valence-electron chi connectivity index (χ0n) is 11.0. The summed E-state index contributed by atoms with van der Waals surface area (Å²) < 4.78 is 2.03. The van der Waals surface area contributed by atoms with Crippen LogP contribution in [0.4, 0.5) is 0 Å². The average molecular weight is 490 g/mol. The fourth-order valence-corrected chi connectivity index (χ4v) is 4.01. The van der Waals surface area contributed by atoms with Crippen molar-refractivity contribution >= 4 is 57.8 Å². The van der Waals surface area contributed by atoms with Crippen molar-refractivity contribution in [1.82, 2.24) is 0 Å². The minimum Gasteiger partial charge on any atom is -0.298 e. The fraction of sp³-hybridized carbons (Fsp3) is 0.125. The molecule has 2 rings (SSSR count). The van der Waals surface area contributed by atoms with E-state index in [1.807, 2.05) is 38.1 Å². The Labute approximate surface area is 145 Å². The molecule has 0 N–H and O–H groups in total. The normalized spacial score (nSPS) is 10.4. The molecule has 0 bridgehead atoms. The zero-order chi connectivity index (χ0) is 14.9. The molecule has 0 saturated carbocycles. The molecule has 2 aromatic carbocycles. The molecule has 0 aliphatic carbocycles. The van der Waals surface area contributed by atoms with Crippen LogP contribution in [0.25, 0.3) is 11.1 Å². The van der Waals surface area contributed by atoms with E-state index in [-0.39, 0.29) is 0 Å². The predicted octanol–water partition coefficient (Wildman–Crippen LogP) is 4.80. The van der Waals surface area contributed by atoms with Crippen molar-refractivity contribution < 1.29 is 9.59 Å². The fourth-order valence-electron chi connectivity index (χ4n) is 2.41. The standard InChI is InChI=1S/C16H12I2O2/c1-9-3-13(17)5-11(7-19)15(9)16-10(2)4-14(18)6-12(16)8-20/h3-8H,1-2H3. The van der Waals surface area contributed by atoms with Crippen molar-refractivity contribution in [3.63, 3.8) is 0 Å². The van der Waals surface area contributed by atoms with E-state index in [0.29, 0.717) is 11.1 Å². The molecule has 0 aliphatic rings. The molecular weight excluding hydrogens is 478 g/mol. The molecule has 20 heavy (non-hydrogen) atoms. The van der Waals surface area contributed by atoms with Crippen molar-refractivity contribution in [3.8, 4) is 11.1 Å². The van der Waals surface area contributed by atoms with Crippen LogP contribution in [0.1, 0.15) is 31.8 Å². The molecular formula is C16H12I2O2. The largest absolute Gasteiger partial charge is 0.298 e. The van der Waals surface area contributed by atoms with Gasteiger partial charge in [0.1, 0.15) is 0 Å². The van der Waals surface area contributed by atoms with Gasteiger partial charge in [0, 0.05) is 18.3 Å². The summed E-state index contributed by atoms with van der Waals surface area (Å²) in [5.41, 5.74) is 4.98. The van der Waals surface area contributed by atoms with E-state index >= 15 is 0 Å². The smallest absolute Gasteiger partial charge is 0.150 e. The summed E-state index contributed by atoms with van der Waals surface area (Å²) in [4.78, 5) is 22.8. The molecule has 0 atom stereocenters. The first-order chi connectivity index (χ1) is 9.47. The zero-order valence-corrected chi connectivity index (χ0v) is 15.4. The third-order valence-electron chi connectivity index (χ3n) is 3.17. The van der Waals surface area contributed by atoms with E-state index < -0.39 is 0 Å². The topological polar surface area (TPSA) is 34.1 Å². The van der Waals surface area contributed by atoms with Crippen LogP contribution in [0.15, 0.2) is 24.3 Å². The molecule has 0 spiro atoms. The second-order valence-electron chi connectivity index (χ2n) is 4.61. The number of benzene rings is 2. The molecule has 0 saturated heterocycles.